The molecular weight excluding hydrogens is 232 g/mol. The van der Waals surface area contributed by atoms with Crippen LogP contribution in [0.5, 0.6) is 0 Å². The van der Waals surface area contributed by atoms with E-state index in [-0.39, 0.29) is 0 Å². The maximum atomic E-state index is 8.37. The molecule has 0 aromatic rings. The van der Waals surface area contributed by atoms with Gasteiger partial charge in [0.15, 0.2) is 0 Å². The van der Waals surface area contributed by atoms with Gasteiger partial charge in [-0.05, 0) is 30.6 Å². The second-order valence-corrected chi connectivity index (χ2v) is 6.34. The predicted molar refractivity (Wildman–Crippen MR) is 72.2 cm³/mol. The van der Waals surface area contributed by atoms with Crippen molar-refractivity contribution in [2.75, 3.05) is 0 Å². The lowest BCUT2D eigenvalue weighted by atomic mass is 9.81. The third-order valence-electron chi connectivity index (χ3n) is 3.41. The molecular formula is C14H30O4. The summed E-state index contributed by atoms with van der Waals surface area (Å²) < 4.78 is 0. The van der Waals surface area contributed by atoms with Crippen LogP contribution in [0.15, 0.2) is 0 Å². The molecule has 0 bridgehead atoms. The molecule has 0 aliphatic carbocycles. The molecule has 0 amide bonds. The first kappa shape index (κ1) is 17.8. The van der Waals surface area contributed by atoms with Crippen LogP contribution in [-0.4, -0.2) is 16.8 Å². The lowest BCUT2D eigenvalue weighted by molar-refractivity contribution is -0.432. The molecule has 2 N–H and O–H groups in total. The third kappa shape index (κ3) is 9.83. The van der Waals surface area contributed by atoms with Gasteiger partial charge < -0.3 is 0 Å². The van der Waals surface area contributed by atoms with Crippen LogP contribution in [0.2, 0.25) is 0 Å². The second-order valence-electron chi connectivity index (χ2n) is 6.34. The Morgan fingerprint density at radius 1 is 0.889 bits per heavy atom. The molecule has 0 radical (unpaired) electrons. The van der Waals surface area contributed by atoms with Crippen molar-refractivity contribution in [3.05, 3.63) is 0 Å². The van der Waals surface area contributed by atoms with Crippen LogP contribution in [0, 0.1) is 11.3 Å². The first-order valence-corrected chi connectivity index (χ1v) is 7.01. The highest BCUT2D eigenvalue weighted by Crippen LogP contribution is 2.30. The number of hydrogen-bond donors (Lipinski definition) is 2. The van der Waals surface area contributed by atoms with E-state index < -0.39 is 6.29 Å². The topological polar surface area (TPSA) is 58.9 Å². The van der Waals surface area contributed by atoms with Crippen molar-refractivity contribution in [3.63, 3.8) is 0 Å². The zero-order valence-corrected chi connectivity index (χ0v) is 12.3. The Hall–Kier alpha value is -0.160. The molecule has 0 aromatic carbocycles. The molecule has 0 saturated heterocycles. The minimum atomic E-state index is -0.908. The zero-order valence-electron chi connectivity index (χ0n) is 12.3. The molecule has 0 rings (SSSR count). The van der Waals surface area contributed by atoms with Gasteiger partial charge in [-0.1, -0.05) is 47.0 Å². The molecule has 0 unspecified atom stereocenters. The lowest BCUT2D eigenvalue weighted by Gasteiger charge is -2.25. The molecule has 0 heterocycles. The standard InChI is InChI=1S/C14H30O4/c1-12(2)8-7-11-14(3,4)10-6-5-9-13(17-15)18-16/h12-13,15-16H,5-11H2,1-4H3. The Morgan fingerprint density at radius 3 is 1.94 bits per heavy atom. The fourth-order valence-electron chi connectivity index (χ4n) is 2.15. The van der Waals surface area contributed by atoms with Crippen LogP contribution >= 0.6 is 0 Å². The summed E-state index contributed by atoms with van der Waals surface area (Å²) in [6.07, 6.45) is 6.51. The van der Waals surface area contributed by atoms with Crippen molar-refractivity contribution >= 4 is 0 Å². The maximum absolute atomic E-state index is 8.37. The first-order chi connectivity index (χ1) is 8.41. The number of hydrogen-bond acceptors (Lipinski definition) is 4. The normalized spacial score (nSPS) is 12.7. The van der Waals surface area contributed by atoms with E-state index in [0.29, 0.717) is 11.8 Å². The highest BCUT2D eigenvalue weighted by molar-refractivity contribution is 4.69. The Labute approximate surface area is 111 Å². The Bertz CT molecular complexity index is 188. The summed E-state index contributed by atoms with van der Waals surface area (Å²) in [6, 6.07) is 0. The molecule has 0 spiro atoms. The number of rotatable bonds is 11. The Kier molecular flexibility index (Phi) is 9.64. The summed E-state index contributed by atoms with van der Waals surface area (Å²) in [5, 5.41) is 16.7. The van der Waals surface area contributed by atoms with Gasteiger partial charge in [-0.3, -0.25) is 0 Å². The quantitative estimate of drug-likeness (QED) is 0.245. The largest absolute Gasteiger partial charge is 0.249 e. The van der Waals surface area contributed by atoms with Crippen molar-refractivity contribution < 1.29 is 20.3 Å². The van der Waals surface area contributed by atoms with Gasteiger partial charge in [-0.15, -0.1) is 0 Å². The predicted octanol–water partition coefficient (Wildman–Crippen LogP) is 4.70. The van der Waals surface area contributed by atoms with Crippen molar-refractivity contribution in [2.24, 2.45) is 11.3 Å². The fourth-order valence-corrected chi connectivity index (χ4v) is 2.15. The van der Waals surface area contributed by atoms with Gasteiger partial charge >= 0.3 is 0 Å². The van der Waals surface area contributed by atoms with Crippen molar-refractivity contribution in [1.82, 2.24) is 0 Å². The summed E-state index contributed by atoms with van der Waals surface area (Å²) in [7, 11) is 0. The van der Waals surface area contributed by atoms with Crippen LogP contribution in [0.4, 0.5) is 0 Å². The van der Waals surface area contributed by atoms with E-state index in [2.05, 4.69) is 37.5 Å². The summed E-state index contributed by atoms with van der Waals surface area (Å²) in [5.74, 6) is 0.782. The molecule has 0 fully saturated rings. The fraction of sp³-hybridized carbons (Fsp3) is 1.00. The molecule has 0 aromatic heterocycles. The average molecular weight is 262 g/mol. The van der Waals surface area contributed by atoms with E-state index in [9.17, 15) is 0 Å². The van der Waals surface area contributed by atoms with E-state index in [1.54, 1.807) is 0 Å². The monoisotopic (exact) mass is 262 g/mol. The molecule has 4 nitrogen and oxygen atoms in total. The van der Waals surface area contributed by atoms with E-state index in [1.807, 2.05) is 0 Å². The van der Waals surface area contributed by atoms with E-state index in [1.165, 1.54) is 19.3 Å². The van der Waals surface area contributed by atoms with Crippen LogP contribution in [-0.2, 0) is 9.78 Å². The summed E-state index contributed by atoms with van der Waals surface area (Å²) in [5.41, 5.74) is 0.366. The molecule has 0 aliphatic rings. The molecule has 110 valence electrons. The summed E-state index contributed by atoms with van der Waals surface area (Å²) in [6.45, 7) is 9.12. The van der Waals surface area contributed by atoms with Gasteiger partial charge in [0.1, 0.15) is 0 Å². The van der Waals surface area contributed by atoms with Crippen molar-refractivity contribution in [3.8, 4) is 0 Å². The Balaban J connectivity index is 3.63. The van der Waals surface area contributed by atoms with Crippen LogP contribution in [0.25, 0.3) is 0 Å². The second kappa shape index (κ2) is 9.73. The Morgan fingerprint density at radius 2 is 1.44 bits per heavy atom. The SMILES string of the molecule is CC(C)CCCC(C)(C)CCCCC(OO)OO. The summed E-state index contributed by atoms with van der Waals surface area (Å²) in [4.78, 5) is 7.90. The molecule has 0 atom stereocenters. The van der Waals surface area contributed by atoms with Crippen molar-refractivity contribution in [2.45, 2.75) is 78.9 Å². The summed E-state index contributed by atoms with van der Waals surface area (Å²) >= 11 is 0. The van der Waals surface area contributed by atoms with Crippen LogP contribution in [0.1, 0.15) is 72.6 Å². The van der Waals surface area contributed by atoms with Crippen LogP contribution in [0.3, 0.4) is 0 Å². The van der Waals surface area contributed by atoms with Gasteiger partial charge in [0.05, 0.1) is 0 Å². The highest BCUT2D eigenvalue weighted by Gasteiger charge is 2.17. The van der Waals surface area contributed by atoms with E-state index in [0.717, 1.165) is 25.2 Å². The average Bonchev–Trinajstić information content (AvgIpc) is 2.28. The smallest absolute Gasteiger partial charge is 0.223 e. The maximum Gasteiger partial charge on any atom is 0.223 e. The third-order valence-corrected chi connectivity index (χ3v) is 3.41. The minimum absolute atomic E-state index is 0.366. The molecule has 18 heavy (non-hydrogen) atoms. The molecule has 0 saturated carbocycles. The zero-order chi connectivity index (χ0) is 14.0. The number of unbranched alkanes of at least 4 members (excludes halogenated alkanes) is 1. The highest BCUT2D eigenvalue weighted by atomic mass is 17.2. The minimum Gasteiger partial charge on any atom is -0.249 e. The van der Waals surface area contributed by atoms with E-state index >= 15 is 0 Å². The molecule has 4 heteroatoms. The van der Waals surface area contributed by atoms with Gasteiger partial charge in [-0.25, -0.2) is 20.3 Å². The van der Waals surface area contributed by atoms with Gasteiger partial charge in [-0.2, -0.15) is 0 Å². The van der Waals surface area contributed by atoms with Gasteiger partial charge in [0, 0.05) is 6.42 Å². The van der Waals surface area contributed by atoms with Crippen molar-refractivity contribution in [1.29, 1.82) is 0 Å². The van der Waals surface area contributed by atoms with E-state index in [4.69, 9.17) is 10.5 Å². The van der Waals surface area contributed by atoms with Gasteiger partial charge in [0.25, 0.3) is 0 Å². The van der Waals surface area contributed by atoms with Gasteiger partial charge in [0.2, 0.25) is 6.29 Å². The lowest BCUT2D eigenvalue weighted by Crippen LogP contribution is -2.15. The molecule has 0 aliphatic heterocycles. The van der Waals surface area contributed by atoms with Crippen LogP contribution < -0.4 is 0 Å². The first-order valence-electron chi connectivity index (χ1n) is 7.01.